The van der Waals surface area contributed by atoms with Crippen LogP contribution >= 0.6 is 11.6 Å². The molecule has 3 aromatic rings. The summed E-state index contributed by atoms with van der Waals surface area (Å²) >= 11 is 5.74. The van der Waals surface area contributed by atoms with E-state index in [-0.39, 0.29) is 17.4 Å². The van der Waals surface area contributed by atoms with Crippen LogP contribution in [0.4, 0.5) is 8.78 Å². The second kappa shape index (κ2) is 4.59. The second-order valence-corrected chi connectivity index (χ2v) is 4.44. The summed E-state index contributed by atoms with van der Waals surface area (Å²) in [5, 5.41) is 0.911. The molecule has 3 rings (SSSR count). The Hall–Kier alpha value is -2.01. The fourth-order valence-electron chi connectivity index (χ4n) is 1.93. The van der Waals surface area contributed by atoms with Crippen LogP contribution in [-0.4, -0.2) is 14.5 Å². The zero-order valence-corrected chi connectivity index (χ0v) is 10.4. The number of aromatic nitrogens is 3. The number of hydrogen-bond acceptors (Lipinski definition) is 2. The molecule has 0 fully saturated rings. The van der Waals surface area contributed by atoms with Gasteiger partial charge >= 0.3 is 0 Å². The zero-order valence-electron chi connectivity index (χ0n) is 9.65. The van der Waals surface area contributed by atoms with Crippen molar-refractivity contribution in [2.24, 2.45) is 0 Å². The molecular formula is C13H8ClF2N3. The third kappa shape index (κ3) is 2.29. The standard InChI is InChI=1S/C13H8ClF2N3/c14-13-17-6-8-3-4-19(12(8)18-13)7-9-5-10(15)1-2-11(9)16/h1-6H,7H2. The molecule has 0 saturated carbocycles. The summed E-state index contributed by atoms with van der Waals surface area (Å²) in [5.41, 5.74) is 0.843. The average Bonchev–Trinajstić information content (AvgIpc) is 2.77. The number of rotatable bonds is 2. The van der Waals surface area contributed by atoms with Gasteiger partial charge in [-0.3, -0.25) is 0 Å². The Morgan fingerprint density at radius 1 is 1.21 bits per heavy atom. The molecule has 0 unspecified atom stereocenters. The lowest BCUT2D eigenvalue weighted by Crippen LogP contribution is -2.02. The maximum Gasteiger partial charge on any atom is 0.224 e. The summed E-state index contributed by atoms with van der Waals surface area (Å²) in [4.78, 5) is 7.95. The smallest absolute Gasteiger partial charge is 0.224 e. The molecule has 96 valence electrons. The number of nitrogens with zero attached hydrogens (tertiary/aromatic N) is 3. The molecule has 0 N–H and O–H groups in total. The largest absolute Gasteiger partial charge is 0.328 e. The van der Waals surface area contributed by atoms with E-state index in [1.54, 1.807) is 23.0 Å². The number of hydrogen-bond donors (Lipinski definition) is 0. The fraction of sp³-hybridized carbons (Fsp3) is 0.0769. The van der Waals surface area contributed by atoms with Crippen LogP contribution in [0.25, 0.3) is 11.0 Å². The van der Waals surface area contributed by atoms with Gasteiger partial charge < -0.3 is 4.57 Å². The van der Waals surface area contributed by atoms with Crippen LogP contribution < -0.4 is 0 Å². The third-order valence-electron chi connectivity index (χ3n) is 2.82. The summed E-state index contributed by atoms with van der Waals surface area (Å²) in [5.74, 6) is -0.927. The molecule has 3 nitrogen and oxygen atoms in total. The minimum Gasteiger partial charge on any atom is -0.328 e. The monoisotopic (exact) mass is 279 g/mol. The predicted octanol–water partition coefficient (Wildman–Crippen LogP) is 3.41. The van der Waals surface area contributed by atoms with Crippen molar-refractivity contribution in [3.8, 4) is 0 Å². The topological polar surface area (TPSA) is 30.7 Å². The van der Waals surface area contributed by atoms with Gasteiger partial charge in [-0.25, -0.2) is 13.8 Å². The molecule has 0 aliphatic rings. The van der Waals surface area contributed by atoms with Crippen LogP contribution in [0.2, 0.25) is 5.28 Å². The van der Waals surface area contributed by atoms with Crippen LogP contribution in [0, 0.1) is 11.6 Å². The van der Waals surface area contributed by atoms with Gasteiger partial charge in [-0.05, 0) is 35.9 Å². The van der Waals surface area contributed by atoms with Gasteiger partial charge in [-0.15, -0.1) is 0 Å². The predicted molar refractivity (Wildman–Crippen MR) is 68.0 cm³/mol. The summed E-state index contributed by atoms with van der Waals surface area (Å²) in [6.07, 6.45) is 3.32. The van der Waals surface area contributed by atoms with E-state index in [1.165, 1.54) is 6.07 Å². The second-order valence-electron chi connectivity index (χ2n) is 4.10. The minimum absolute atomic E-state index is 0.118. The van der Waals surface area contributed by atoms with Crippen molar-refractivity contribution in [2.75, 3.05) is 0 Å². The van der Waals surface area contributed by atoms with E-state index in [9.17, 15) is 8.78 Å². The quantitative estimate of drug-likeness (QED) is 0.673. The number of benzene rings is 1. The van der Waals surface area contributed by atoms with E-state index in [2.05, 4.69) is 9.97 Å². The summed E-state index contributed by atoms with van der Waals surface area (Å²) in [6.45, 7) is 0.181. The van der Waals surface area contributed by atoms with E-state index in [0.717, 1.165) is 17.5 Å². The maximum absolute atomic E-state index is 13.6. The molecule has 0 saturated heterocycles. The lowest BCUT2D eigenvalue weighted by atomic mass is 10.2. The molecular weight excluding hydrogens is 272 g/mol. The van der Waals surface area contributed by atoms with Crippen molar-refractivity contribution in [2.45, 2.75) is 6.54 Å². The Balaban J connectivity index is 2.05. The molecule has 6 heteroatoms. The lowest BCUT2D eigenvalue weighted by Gasteiger charge is -2.06. The Kier molecular flexibility index (Phi) is 2.91. The third-order valence-corrected chi connectivity index (χ3v) is 3.00. The zero-order chi connectivity index (χ0) is 13.4. The summed E-state index contributed by atoms with van der Waals surface area (Å²) in [6, 6.07) is 5.16. The molecule has 19 heavy (non-hydrogen) atoms. The molecule has 2 aromatic heterocycles. The van der Waals surface area contributed by atoms with Crippen LogP contribution in [0.15, 0.2) is 36.7 Å². The molecule has 0 bridgehead atoms. The summed E-state index contributed by atoms with van der Waals surface area (Å²) < 4.78 is 28.4. The first-order chi connectivity index (χ1) is 9.13. The molecule has 0 spiro atoms. The minimum atomic E-state index is -0.472. The van der Waals surface area contributed by atoms with E-state index in [1.807, 2.05) is 0 Å². The highest BCUT2D eigenvalue weighted by atomic mass is 35.5. The highest BCUT2D eigenvalue weighted by Gasteiger charge is 2.08. The highest BCUT2D eigenvalue weighted by Crippen LogP contribution is 2.18. The van der Waals surface area contributed by atoms with E-state index in [0.29, 0.717) is 5.65 Å². The fourth-order valence-corrected chi connectivity index (χ4v) is 2.05. The molecule has 0 amide bonds. The summed E-state index contributed by atoms with van der Waals surface area (Å²) in [7, 11) is 0. The van der Waals surface area contributed by atoms with Gasteiger partial charge in [-0.2, -0.15) is 4.98 Å². The van der Waals surface area contributed by atoms with E-state index < -0.39 is 11.6 Å². The highest BCUT2D eigenvalue weighted by molar-refractivity contribution is 6.28. The first kappa shape index (κ1) is 12.0. The first-order valence-electron chi connectivity index (χ1n) is 5.55. The van der Waals surface area contributed by atoms with Gasteiger partial charge in [0.1, 0.15) is 17.3 Å². The Bertz CT molecular complexity index is 755. The van der Waals surface area contributed by atoms with Gasteiger partial charge in [0.2, 0.25) is 5.28 Å². The van der Waals surface area contributed by atoms with Crippen molar-refractivity contribution >= 4 is 22.6 Å². The van der Waals surface area contributed by atoms with Crippen LogP contribution in [0.5, 0.6) is 0 Å². The van der Waals surface area contributed by atoms with Crippen LogP contribution in [0.3, 0.4) is 0 Å². The molecule has 0 aliphatic carbocycles. The van der Waals surface area contributed by atoms with Crippen LogP contribution in [-0.2, 0) is 6.54 Å². The maximum atomic E-state index is 13.6. The van der Waals surface area contributed by atoms with Crippen molar-refractivity contribution in [1.82, 2.24) is 14.5 Å². The van der Waals surface area contributed by atoms with Gasteiger partial charge in [0.05, 0.1) is 6.54 Å². The molecule has 0 atom stereocenters. The van der Waals surface area contributed by atoms with Crippen molar-refractivity contribution in [3.63, 3.8) is 0 Å². The van der Waals surface area contributed by atoms with E-state index >= 15 is 0 Å². The molecule has 1 aromatic carbocycles. The first-order valence-corrected chi connectivity index (χ1v) is 5.92. The molecule has 2 heterocycles. The average molecular weight is 280 g/mol. The number of fused-ring (bicyclic) bond motifs is 1. The SMILES string of the molecule is Fc1ccc(F)c(Cn2ccc3cnc(Cl)nc32)c1. The van der Waals surface area contributed by atoms with Gasteiger partial charge in [0.25, 0.3) is 0 Å². The normalized spacial score (nSPS) is 11.1. The Labute approximate surface area is 112 Å². The van der Waals surface area contributed by atoms with Crippen molar-refractivity contribution < 1.29 is 8.78 Å². The molecule has 0 aliphatic heterocycles. The number of halogens is 3. The lowest BCUT2D eigenvalue weighted by molar-refractivity contribution is 0.578. The van der Waals surface area contributed by atoms with Gasteiger partial charge in [0.15, 0.2) is 0 Å². The van der Waals surface area contributed by atoms with Crippen molar-refractivity contribution in [1.29, 1.82) is 0 Å². The van der Waals surface area contributed by atoms with Crippen LogP contribution in [0.1, 0.15) is 5.56 Å². The van der Waals surface area contributed by atoms with Gasteiger partial charge in [-0.1, -0.05) is 0 Å². The Morgan fingerprint density at radius 3 is 2.89 bits per heavy atom. The van der Waals surface area contributed by atoms with Gasteiger partial charge in [0, 0.05) is 23.3 Å². The van der Waals surface area contributed by atoms with E-state index in [4.69, 9.17) is 11.6 Å². The van der Waals surface area contributed by atoms with Crippen molar-refractivity contribution in [3.05, 3.63) is 59.1 Å². The molecule has 0 radical (unpaired) electrons. The Morgan fingerprint density at radius 2 is 2.05 bits per heavy atom.